The van der Waals surface area contributed by atoms with Crippen molar-refractivity contribution >= 4 is 23.9 Å². The third-order valence-corrected chi connectivity index (χ3v) is 5.24. The van der Waals surface area contributed by atoms with Crippen molar-refractivity contribution in [3.05, 3.63) is 23.3 Å². The Bertz CT molecular complexity index is 523. The second-order valence-electron chi connectivity index (χ2n) is 7.59. The van der Waals surface area contributed by atoms with Crippen molar-refractivity contribution in [1.82, 2.24) is 0 Å². The maximum absolute atomic E-state index is 11.8. The summed E-state index contributed by atoms with van der Waals surface area (Å²) >= 11 is 0. The van der Waals surface area contributed by atoms with Gasteiger partial charge >= 0.3 is 0 Å². The molecule has 0 saturated carbocycles. The Labute approximate surface area is 172 Å². The van der Waals surface area contributed by atoms with E-state index in [9.17, 15) is 9.59 Å². The van der Waals surface area contributed by atoms with Crippen molar-refractivity contribution in [3.8, 4) is 0 Å². The van der Waals surface area contributed by atoms with Gasteiger partial charge in [-0.05, 0) is 37.8 Å². The summed E-state index contributed by atoms with van der Waals surface area (Å²) in [6, 6.07) is 3.89. The van der Waals surface area contributed by atoms with E-state index in [1.54, 1.807) is 6.07 Å². The molecule has 1 aromatic carbocycles. The molecular weight excluding hydrogens is 348 g/mol. The van der Waals surface area contributed by atoms with Gasteiger partial charge in [0.1, 0.15) is 0 Å². The highest BCUT2D eigenvalue weighted by Crippen LogP contribution is 2.31. The Morgan fingerprint density at radius 3 is 1.18 bits per heavy atom. The van der Waals surface area contributed by atoms with E-state index in [1.807, 2.05) is 0 Å². The molecule has 1 aromatic rings. The zero-order valence-corrected chi connectivity index (χ0v) is 18.5. The van der Waals surface area contributed by atoms with E-state index in [2.05, 4.69) is 43.6 Å². The molecule has 4 nitrogen and oxygen atoms in total. The molecule has 0 bridgehead atoms. The molecule has 0 fully saturated rings. The van der Waals surface area contributed by atoms with Gasteiger partial charge in [-0.15, -0.1) is 0 Å². The lowest BCUT2D eigenvalue weighted by molar-refractivity contribution is 0.112. The van der Waals surface area contributed by atoms with Gasteiger partial charge in [-0.1, -0.05) is 53.4 Å². The lowest BCUT2D eigenvalue weighted by Gasteiger charge is -2.31. The standard InChI is InChI=1S/C24H40N2O2/c1-5-9-13-25(14-10-6-2)23-18-24(22(20-28)17-21(23)19-27)26(15-11-7-3)16-12-8-4/h17-20H,5-16H2,1-4H3. The summed E-state index contributed by atoms with van der Waals surface area (Å²) in [5.41, 5.74) is 3.22. The molecule has 0 unspecified atom stereocenters. The van der Waals surface area contributed by atoms with Crippen LogP contribution >= 0.6 is 0 Å². The molecule has 0 atom stereocenters. The molecule has 158 valence electrons. The fourth-order valence-corrected chi connectivity index (χ4v) is 3.45. The average Bonchev–Trinajstić information content (AvgIpc) is 2.73. The summed E-state index contributed by atoms with van der Waals surface area (Å²) < 4.78 is 0. The predicted molar refractivity (Wildman–Crippen MR) is 121 cm³/mol. The van der Waals surface area contributed by atoms with Crippen molar-refractivity contribution in [2.45, 2.75) is 79.1 Å². The normalized spacial score (nSPS) is 10.7. The highest BCUT2D eigenvalue weighted by Gasteiger charge is 2.18. The van der Waals surface area contributed by atoms with Crippen molar-refractivity contribution in [2.75, 3.05) is 36.0 Å². The van der Waals surface area contributed by atoms with Crippen LogP contribution in [0.2, 0.25) is 0 Å². The molecule has 0 saturated heterocycles. The van der Waals surface area contributed by atoms with Gasteiger partial charge in [0.2, 0.25) is 0 Å². The van der Waals surface area contributed by atoms with Crippen LogP contribution < -0.4 is 9.80 Å². The Hall–Kier alpha value is -1.84. The first-order chi connectivity index (χ1) is 13.7. The van der Waals surface area contributed by atoms with Gasteiger partial charge in [0.05, 0.1) is 0 Å². The largest absolute Gasteiger partial charge is 0.371 e. The SMILES string of the molecule is CCCCN(CCCC)c1cc(N(CCCC)CCCC)c(C=O)cc1C=O. The lowest BCUT2D eigenvalue weighted by atomic mass is 10.0. The zero-order valence-electron chi connectivity index (χ0n) is 18.5. The second-order valence-corrected chi connectivity index (χ2v) is 7.59. The van der Waals surface area contributed by atoms with Crippen LogP contribution in [0, 0.1) is 0 Å². The van der Waals surface area contributed by atoms with Gasteiger partial charge in [0.15, 0.2) is 12.6 Å². The number of aldehydes is 2. The first kappa shape index (κ1) is 24.2. The summed E-state index contributed by atoms with van der Waals surface area (Å²) in [7, 11) is 0. The minimum atomic E-state index is 0.629. The van der Waals surface area contributed by atoms with Crippen LogP contribution in [0.1, 0.15) is 99.8 Å². The average molecular weight is 389 g/mol. The highest BCUT2D eigenvalue weighted by atomic mass is 16.1. The van der Waals surface area contributed by atoms with E-state index in [4.69, 9.17) is 0 Å². The Morgan fingerprint density at radius 1 is 0.607 bits per heavy atom. The maximum Gasteiger partial charge on any atom is 0.152 e. The van der Waals surface area contributed by atoms with Crippen LogP contribution in [-0.2, 0) is 0 Å². The van der Waals surface area contributed by atoms with Gasteiger partial charge in [-0.2, -0.15) is 0 Å². The molecule has 0 N–H and O–H groups in total. The fraction of sp³-hybridized carbons (Fsp3) is 0.667. The Morgan fingerprint density at radius 2 is 0.929 bits per heavy atom. The summed E-state index contributed by atoms with van der Waals surface area (Å²) in [6.07, 6.45) is 10.7. The number of benzene rings is 1. The van der Waals surface area contributed by atoms with Gasteiger partial charge in [-0.25, -0.2) is 0 Å². The molecule has 1 rings (SSSR count). The Kier molecular flexibility index (Phi) is 12.3. The molecular formula is C24H40N2O2. The van der Waals surface area contributed by atoms with Crippen molar-refractivity contribution in [2.24, 2.45) is 0 Å². The second kappa shape index (κ2) is 14.2. The monoisotopic (exact) mass is 388 g/mol. The number of hydrogen-bond acceptors (Lipinski definition) is 4. The first-order valence-corrected chi connectivity index (χ1v) is 11.2. The zero-order chi connectivity index (χ0) is 20.8. The van der Waals surface area contributed by atoms with E-state index < -0.39 is 0 Å². The maximum atomic E-state index is 11.8. The van der Waals surface area contributed by atoms with E-state index in [0.717, 1.165) is 101 Å². The van der Waals surface area contributed by atoms with Gasteiger partial charge in [0, 0.05) is 48.7 Å². The van der Waals surface area contributed by atoms with Crippen LogP contribution in [0.3, 0.4) is 0 Å². The molecule has 0 radical (unpaired) electrons. The molecule has 28 heavy (non-hydrogen) atoms. The van der Waals surface area contributed by atoms with Gasteiger partial charge < -0.3 is 9.80 Å². The quantitative estimate of drug-likeness (QED) is 0.320. The smallest absolute Gasteiger partial charge is 0.152 e. The van der Waals surface area contributed by atoms with Gasteiger partial charge in [0.25, 0.3) is 0 Å². The molecule has 0 aliphatic carbocycles. The van der Waals surface area contributed by atoms with Crippen molar-refractivity contribution in [1.29, 1.82) is 0 Å². The van der Waals surface area contributed by atoms with Crippen LogP contribution in [-0.4, -0.2) is 38.8 Å². The van der Waals surface area contributed by atoms with Crippen LogP contribution in [0.25, 0.3) is 0 Å². The summed E-state index contributed by atoms with van der Waals surface area (Å²) in [4.78, 5) is 28.3. The van der Waals surface area contributed by atoms with Crippen molar-refractivity contribution in [3.63, 3.8) is 0 Å². The summed E-state index contributed by atoms with van der Waals surface area (Å²) in [6.45, 7) is 12.5. The molecule has 0 aliphatic rings. The van der Waals surface area contributed by atoms with Crippen molar-refractivity contribution < 1.29 is 9.59 Å². The fourth-order valence-electron chi connectivity index (χ4n) is 3.45. The lowest BCUT2D eigenvalue weighted by Crippen LogP contribution is -2.29. The molecule has 0 amide bonds. The number of unbranched alkanes of at least 4 members (excludes halogenated alkanes) is 4. The third-order valence-electron chi connectivity index (χ3n) is 5.24. The van der Waals surface area contributed by atoms with E-state index in [1.165, 1.54) is 0 Å². The number of rotatable bonds is 16. The number of anilines is 2. The number of carbonyl (C=O) groups excluding carboxylic acids is 2. The van der Waals surface area contributed by atoms with E-state index in [0.29, 0.717) is 11.1 Å². The minimum Gasteiger partial charge on any atom is -0.371 e. The van der Waals surface area contributed by atoms with E-state index in [-0.39, 0.29) is 0 Å². The number of carbonyl (C=O) groups is 2. The highest BCUT2D eigenvalue weighted by molar-refractivity contribution is 5.94. The summed E-state index contributed by atoms with van der Waals surface area (Å²) in [5.74, 6) is 0. The summed E-state index contributed by atoms with van der Waals surface area (Å²) in [5, 5.41) is 0. The first-order valence-electron chi connectivity index (χ1n) is 11.2. The topological polar surface area (TPSA) is 40.6 Å². The van der Waals surface area contributed by atoms with Crippen LogP contribution in [0.15, 0.2) is 12.1 Å². The molecule has 4 heteroatoms. The molecule has 0 aliphatic heterocycles. The molecule has 0 aromatic heterocycles. The molecule has 0 spiro atoms. The predicted octanol–water partition coefficient (Wildman–Crippen LogP) is 6.12. The van der Waals surface area contributed by atoms with Crippen LogP contribution in [0.5, 0.6) is 0 Å². The molecule has 0 heterocycles. The van der Waals surface area contributed by atoms with Gasteiger partial charge in [-0.3, -0.25) is 9.59 Å². The minimum absolute atomic E-state index is 0.629. The number of nitrogens with zero attached hydrogens (tertiary/aromatic N) is 2. The van der Waals surface area contributed by atoms with E-state index >= 15 is 0 Å². The Balaban J connectivity index is 3.38. The number of hydrogen-bond donors (Lipinski definition) is 0. The van der Waals surface area contributed by atoms with Crippen LogP contribution in [0.4, 0.5) is 11.4 Å². The third kappa shape index (κ3) is 7.29.